The van der Waals surface area contributed by atoms with Crippen LogP contribution in [0.5, 0.6) is 5.75 Å². The second-order valence-corrected chi connectivity index (χ2v) is 6.97. The maximum absolute atomic E-state index is 12.0. The lowest BCUT2D eigenvalue weighted by Gasteiger charge is -2.23. The Kier molecular flexibility index (Phi) is 7.87. The number of amides is 1. The van der Waals surface area contributed by atoms with E-state index in [2.05, 4.69) is 36.5 Å². The molecule has 1 N–H and O–H groups in total. The zero-order chi connectivity index (χ0) is 20.5. The number of nitrogens with zero attached hydrogens (tertiary/aromatic N) is 3. The number of aryl methyl sites for hydroxylation is 1. The smallest absolute Gasteiger partial charge is 0.241 e. The first-order valence-electron chi connectivity index (χ1n) is 9.27. The van der Waals surface area contributed by atoms with E-state index in [9.17, 15) is 4.79 Å². The molecule has 0 bridgehead atoms. The fourth-order valence-corrected chi connectivity index (χ4v) is 2.56. The molecule has 0 fully saturated rings. The highest BCUT2D eigenvalue weighted by Crippen LogP contribution is 2.12. The van der Waals surface area contributed by atoms with Gasteiger partial charge in [-0.05, 0) is 30.2 Å². The van der Waals surface area contributed by atoms with Crippen LogP contribution in [-0.2, 0) is 17.9 Å². The molecule has 2 rings (SSSR count). The van der Waals surface area contributed by atoms with E-state index in [-0.39, 0.29) is 12.5 Å². The Morgan fingerprint density at radius 2 is 1.61 bits per heavy atom. The van der Waals surface area contributed by atoms with Crippen molar-refractivity contribution >= 4 is 11.9 Å². The fourth-order valence-electron chi connectivity index (χ4n) is 2.56. The van der Waals surface area contributed by atoms with Gasteiger partial charge in [-0.3, -0.25) is 4.79 Å². The molecule has 1 amide bonds. The number of hydrogen-bond donors (Lipinski definition) is 1. The van der Waals surface area contributed by atoms with Gasteiger partial charge in [-0.1, -0.05) is 42.0 Å². The lowest BCUT2D eigenvalue weighted by atomic mass is 10.1. The molecule has 150 valence electrons. The molecule has 0 aliphatic heterocycles. The molecule has 0 saturated carbocycles. The molecule has 0 unspecified atom stereocenters. The van der Waals surface area contributed by atoms with Crippen molar-refractivity contribution in [2.24, 2.45) is 4.99 Å². The van der Waals surface area contributed by atoms with E-state index in [1.807, 2.05) is 36.2 Å². The standard InChI is InChI=1S/C22H30N4O2/c1-17-6-8-19(9-7-17)16-26(4)22(24-15-21(27)25(2)3)23-14-18-10-12-20(28-5)13-11-18/h6-13H,14-16H2,1-5H3,(H,23,24). The van der Waals surface area contributed by atoms with Crippen molar-refractivity contribution in [1.82, 2.24) is 15.1 Å². The van der Waals surface area contributed by atoms with Crippen molar-refractivity contribution in [3.8, 4) is 5.75 Å². The first-order chi connectivity index (χ1) is 13.4. The van der Waals surface area contributed by atoms with Crippen molar-refractivity contribution in [1.29, 1.82) is 0 Å². The third-order valence-corrected chi connectivity index (χ3v) is 4.37. The Morgan fingerprint density at radius 1 is 1.00 bits per heavy atom. The average Bonchev–Trinajstić information content (AvgIpc) is 2.69. The van der Waals surface area contributed by atoms with Gasteiger partial charge in [0.2, 0.25) is 5.91 Å². The Hall–Kier alpha value is -3.02. The molecule has 0 radical (unpaired) electrons. The van der Waals surface area contributed by atoms with Gasteiger partial charge >= 0.3 is 0 Å². The summed E-state index contributed by atoms with van der Waals surface area (Å²) in [5.41, 5.74) is 3.49. The molecule has 0 aromatic heterocycles. The second kappa shape index (κ2) is 10.3. The summed E-state index contributed by atoms with van der Waals surface area (Å²) in [6, 6.07) is 16.2. The topological polar surface area (TPSA) is 57.2 Å². The van der Waals surface area contributed by atoms with Crippen molar-refractivity contribution in [2.45, 2.75) is 20.0 Å². The predicted molar refractivity (Wildman–Crippen MR) is 113 cm³/mol. The number of hydrogen-bond acceptors (Lipinski definition) is 3. The van der Waals surface area contributed by atoms with Gasteiger partial charge in [0.05, 0.1) is 20.2 Å². The van der Waals surface area contributed by atoms with Gasteiger partial charge in [-0.25, -0.2) is 4.99 Å². The van der Waals surface area contributed by atoms with Crippen molar-refractivity contribution in [2.75, 3.05) is 34.8 Å². The van der Waals surface area contributed by atoms with Crippen LogP contribution in [0.15, 0.2) is 53.5 Å². The van der Waals surface area contributed by atoms with Gasteiger partial charge in [-0.2, -0.15) is 0 Å². The normalized spacial score (nSPS) is 11.1. The van der Waals surface area contributed by atoms with E-state index in [0.29, 0.717) is 19.0 Å². The molecule has 0 spiro atoms. The molecule has 6 nitrogen and oxygen atoms in total. The zero-order valence-electron chi connectivity index (χ0n) is 17.4. The van der Waals surface area contributed by atoms with Crippen LogP contribution in [0.4, 0.5) is 0 Å². The summed E-state index contributed by atoms with van der Waals surface area (Å²) >= 11 is 0. The molecule has 0 aliphatic carbocycles. The Morgan fingerprint density at radius 3 is 2.18 bits per heavy atom. The number of rotatable bonds is 7. The Bertz CT molecular complexity index is 783. The third-order valence-electron chi connectivity index (χ3n) is 4.37. The molecular weight excluding hydrogens is 352 g/mol. The molecule has 28 heavy (non-hydrogen) atoms. The highest BCUT2D eigenvalue weighted by atomic mass is 16.5. The number of carbonyl (C=O) groups is 1. The van der Waals surface area contributed by atoms with Crippen molar-refractivity contribution in [3.05, 3.63) is 65.2 Å². The summed E-state index contributed by atoms with van der Waals surface area (Å²) in [5, 5.41) is 3.19. The van der Waals surface area contributed by atoms with Gasteiger partial charge in [0.1, 0.15) is 5.75 Å². The van der Waals surface area contributed by atoms with E-state index in [1.165, 1.54) is 11.1 Å². The summed E-state index contributed by atoms with van der Waals surface area (Å²) in [4.78, 5) is 20.3. The molecule has 0 atom stereocenters. The van der Waals surface area contributed by atoms with Crippen LogP contribution in [0.1, 0.15) is 16.7 Å². The minimum Gasteiger partial charge on any atom is -0.497 e. The van der Waals surface area contributed by atoms with Crippen LogP contribution in [0.25, 0.3) is 0 Å². The number of nitrogens with one attached hydrogen (secondary N) is 1. The summed E-state index contributed by atoms with van der Waals surface area (Å²) in [6.45, 7) is 3.49. The molecule has 2 aromatic carbocycles. The molecule has 0 aliphatic rings. The minimum absolute atomic E-state index is 0.000818. The number of carbonyl (C=O) groups excluding carboxylic acids is 1. The molecule has 0 heterocycles. The molecule has 2 aromatic rings. The van der Waals surface area contributed by atoms with Crippen LogP contribution in [-0.4, -0.2) is 56.5 Å². The average molecular weight is 383 g/mol. The number of methoxy groups -OCH3 is 1. The summed E-state index contributed by atoms with van der Waals surface area (Å²) < 4.78 is 5.20. The number of aliphatic imine (C=N–C) groups is 1. The predicted octanol–water partition coefficient (Wildman–Crippen LogP) is 2.67. The van der Waals surface area contributed by atoms with E-state index >= 15 is 0 Å². The van der Waals surface area contributed by atoms with Crippen LogP contribution < -0.4 is 10.1 Å². The van der Waals surface area contributed by atoms with Crippen molar-refractivity contribution < 1.29 is 9.53 Å². The van der Waals surface area contributed by atoms with Crippen molar-refractivity contribution in [3.63, 3.8) is 0 Å². The number of guanidine groups is 1. The third kappa shape index (κ3) is 6.61. The molecule has 0 saturated heterocycles. The first-order valence-corrected chi connectivity index (χ1v) is 9.27. The molecule has 6 heteroatoms. The van der Waals surface area contributed by atoms with Crippen LogP contribution >= 0.6 is 0 Å². The quantitative estimate of drug-likeness (QED) is 0.591. The van der Waals surface area contributed by atoms with Gasteiger partial charge in [0.15, 0.2) is 5.96 Å². The Balaban J connectivity index is 2.11. The number of ether oxygens (including phenoxy) is 1. The highest BCUT2D eigenvalue weighted by molar-refractivity contribution is 5.86. The maximum Gasteiger partial charge on any atom is 0.241 e. The lowest BCUT2D eigenvalue weighted by molar-refractivity contribution is -0.127. The van der Waals surface area contributed by atoms with Crippen LogP contribution in [0.2, 0.25) is 0 Å². The fraction of sp³-hybridized carbons (Fsp3) is 0.364. The van der Waals surface area contributed by atoms with Gasteiger partial charge < -0.3 is 19.9 Å². The number of benzene rings is 2. The largest absolute Gasteiger partial charge is 0.497 e. The Labute approximate surface area is 167 Å². The van der Waals surface area contributed by atoms with Gasteiger partial charge in [0, 0.05) is 27.7 Å². The molecular formula is C22H30N4O2. The van der Waals surface area contributed by atoms with Crippen LogP contribution in [0.3, 0.4) is 0 Å². The summed E-state index contributed by atoms with van der Waals surface area (Å²) in [5.74, 6) is 1.51. The van der Waals surface area contributed by atoms with E-state index < -0.39 is 0 Å². The van der Waals surface area contributed by atoms with Crippen LogP contribution in [0, 0.1) is 6.92 Å². The summed E-state index contributed by atoms with van der Waals surface area (Å²) in [7, 11) is 7.11. The second-order valence-electron chi connectivity index (χ2n) is 6.97. The summed E-state index contributed by atoms with van der Waals surface area (Å²) in [6.07, 6.45) is 0. The van der Waals surface area contributed by atoms with E-state index in [0.717, 1.165) is 11.3 Å². The first kappa shape index (κ1) is 21.3. The van der Waals surface area contributed by atoms with Gasteiger partial charge in [0.25, 0.3) is 0 Å². The monoisotopic (exact) mass is 382 g/mol. The maximum atomic E-state index is 12.0. The van der Waals surface area contributed by atoms with E-state index in [4.69, 9.17) is 9.73 Å². The SMILES string of the molecule is COc1ccc(CN=C(NCC(=O)N(C)C)N(C)Cc2ccc(C)cc2)cc1. The highest BCUT2D eigenvalue weighted by Gasteiger charge is 2.11. The number of likely N-dealkylation sites (N-methyl/N-ethyl adjacent to an activating group) is 1. The van der Waals surface area contributed by atoms with E-state index in [1.54, 1.807) is 26.1 Å². The lowest BCUT2D eigenvalue weighted by Crippen LogP contribution is -2.43. The minimum atomic E-state index is 0.000818. The van der Waals surface area contributed by atoms with Gasteiger partial charge in [-0.15, -0.1) is 0 Å². The zero-order valence-corrected chi connectivity index (χ0v) is 17.4.